The summed E-state index contributed by atoms with van der Waals surface area (Å²) in [6, 6.07) is 0. The van der Waals surface area contributed by atoms with Crippen LogP contribution < -0.4 is 0 Å². The smallest absolute Gasteiger partial charge is 0.306 e. The molecule has 0 bridgehead atoms. The number of allylic oxidation sites excluding steroid dienone is 4. The lowest BCUT2D eigenvalue weighted by atomic mass is 10.0. The Morgan fingerprint density at radius 1 is 0.460 bits per heavy atom. The van der Waals surface area contributed by atoms with Crippen LogP contribution in [0.4, 0.5) is 0 Å². The lowest BCUT2D eigenvalue weighted by Gasteiger charge is -2.15. The third-order valence-corrected chi connectivity index (χ3v) is 10.00. The Labute approximate surface area is 313 Å². The first-order valence-electron chi connectivity index (χ1n) is 22.4. The highest BCUT2D eigenvalue weighted by molar-refractivity contribution is 5.69. The zero-order valence-corrected chi connectivity index (χ0v) is 33.9. The Morgan fingerprint density at radius 2 is 0.780 bits per heavy atom. The minimum absolute atomic E-state index is 0.171. The van der Waals surface area contributed by atoms with Crippen LogP contribution in [0.2, 0.25) is 0 Å². The molecule has 4 heteroatoms. The molecule has 1 unspecified atom stereocenters. The quantitative estimate of drug-likeness (QED) is 0.0390. The molecule has 0 aliphatic rings. The molecule has 0 heterocycles. The number of hydrogen-bond acceptors (Lipinski definition) is 4. The molecule has 0 fully saturated rings. The first kappa shape index (κ1) is 48.9. The molecule has 0 aromatic heterocycles. The number of unbranched alkanes of at least 4 members (excludes halogenated alkanes) is 30. The van der Waals surface area contributed by atoms with Crippen molar-refractivity contribution < 1.29 is 19.4 Å². The Morgan fingerprint density at radius 3 is 1.14 bits per heavy atom. The Kier molecular flexibility index (Phi) is 43.0. The van der Waals surface area contributed by atoms with Gasteiger partial charge in [-0.2, -0.15) is 0 Å². The third-order valence-electron chi connectivity index (χ3n) is 10.00. The van der Waals surface area contributed by atoms with E-state index in [1.807, 2.05) is 0 Å². The minimum atomic E-state index is -0.534. The number of aliphatic hydroxyl groups excluding tert-OH is 1. The largest absolute Gasteiger partial charge is 0.457 e. The van der Waals surface area contributed by atoms with Gasteiger partial charge < -0.3 is 14.6 Å². The predicted octanol–water partition coefficient (Wildman–Crippen LogP) is 14.7. The number of rotatable bonds is 42. The number of aliphatic hydroxyl groups is 1. The fourth-order valence-electron chi connectivity index (χ4n) is 6.61. The second-order valence-electron chi connectivity index (χ2n) is 15.1. The highest BCUT2D eigenvalue weighted by Crippen LogP contribution is 2.15. The van der Waals surface area contributed by atoms with Gasteiger partial charge in [0.2, 0.25) is 0 Å². The van der Waals surface area contributed by atoms with Gasteiger partial charge in [-0.1, -0.05) is 192 Å². The van der Waals surface area contributed by atoms with E-state index in [0.29, 0.717) is 19.6 Å². The van der Waals surface area contributed by atoms with Crippen LogP contribution in [-0.4, -0.2) is 37.0 Å². The van der Waals surface area contributed by atoms with Crippen molar-refractivity contribution in [2.24, 2.45) is 0 Å². The molecule has 0 aliphatic heterocycles. The van der Waals surface area contributed by atoms with Gasteiger partial charge in [0.15, 0.2) is 0 Å². The molecule has 0 aromatic carbocycles. The Hall–Kier alpha value is -1.13. The van der Waals surface area contributed by atoms with Gasteiger partial charge in [0, 0.05) is 13.0 Å². The van der Waals surface area contributed by atoms with Crippen molar-refractivity contribution in [3.05, 3.63) is 24.3 Å². The number of esters is 1. The van der Waals surface area contributed by atoms with Crippen LogP contribution in [0.1, 0.15) is 239 Å². The summed E-state index contributed by atoms with van der Waals surface area (Å²) >= 11 is 0. The second kappa shape index (κ2) is 44.0. The van der Waals surface area contributed by atoms with E-state index in [1.54, 1.807) is 0 Å². The molecule has 0 amide bonds. The minimum Gasteiger partial charge on any atom is -0.457 e. The van der Waals surface area contributed by atoms with Crippen molar-refractivity contribution in [3.8, 4) is 0 Å². The number of carbonyl (C=O) groups excluding carboxylic acids is 1. The highest BCUT2D eigenvalue weighted by atomic mass is 16.6. The van der Waals surface area contributed by atoms with E-state index >= 15 is 0 Å². The summed E-state index contributed by atoms with van der Waals surface area (Å²) in [4.78, 5) is 12.2. The zero-order valence-electron chi connectivity index (χ0n) is 33.9. The van der Waals surface area contributed by atoms with Crippen LogP contribution in [0, 0.1) is 0 Å². The van der Waals surface area contributed by atoms with Gasteiger partial charge in [0.25, 0.3) is 0 Å². The number of ether oxygens (including phenoxy) is 2. The fraction of sp³-hybridized carbons (Fsp3) is 0.891. The van der Waals surface area contributed by atoms with Crippen LogP contribution in [0.3, 0.4) is 0 Å². The standard InChI is InChI=1S/C46H88O4/c1-3-5-7-9-11-13-15-17-19-20-21-22-23-24-25-26-27-29-31-33-35-37-39-41-46(48)50-45(43-47)44-49-42-40-38-36-34-32-30-28-18-16-14-12-10-8-6-4-2/h16,18,20-21,45,47H,3-15,17,19,22-44H2,1-2H3/b18-16-,21-20-. The van der Waals surface area contributed by atoms with Gasteiger partial charge >= 0.3 is 5.97 Å². The van der Waals surface area contributed by atoms with Crippen molar-refractivity contribution in [3.63, 3.8) is 0 Å². The summed E-state index contributed by atoms with van der Waals surface area (Å²) in [5.41, 5.74) is 0. The molecule has 296 valence electrons. The summed E-state index contributed by atoms with van der Waals surface area (Å²) in [6.07, 6.45) is 53.9. The maximum atomic E-state index is 12.2. The first-order valence-corrected chi connectivity index (χ1v) is 22.4. The van der Waals surface area contributed by atoms with Crippen LogP contribution in [0.5, 0.6) is 0 Å². The Bertz CT molecular complexity index is 702. The van der Waals surface area contributed by atoms with Crippen molar-refractivity contribution in [2.75, 3.05) is 19.8 Å². The van der Waals surface area contributed by atoms with Gasteiger partial charge in [-0.25, -0.2) is 0 Å². The molecule has 0 spiro atoms. The van der Waals surface area contributed by atoms with E-state index in [-0.39, 0.29) is 12.6 Å². The molecule has 0 aromatic rings. The van der Waals surface area contributed by atoms with E-state index in [1.165, 1.54) is 199 Å². The van der Waals surface area contributed by atoms with Crippen LogP contribution in [0.15, 0.2) is 24.3 Å². The fourth-order valence-corrected chi connectivity index (χ4v) is 6.61. The van der Waals surface area contributed by atoms with Gasteiger partial charge in [0.1, 0.15) is 6.10 Å². The molecule has 50 heavy (non-hydrogen) atoms. The van der Waals surface area contributed by atoms with Crippen LogP contribution in [-0.2, 0) is 14.3 Å². The third kappa shape index (κ3) is 41.3. The molecule has 0 aliphatic carbocycles. The van der Waals surface area contributed by atoms with Crippen LogP contribution in [0.25, 0.3) is 0 Å². The van der Waals surface area contributed by atoms with Crippen molar-refractivity contribution in [2.45, 2.75) is 245 Å². The van der Waals surface area contributed by atoms with Crippen molar-refractivity contribution >= 4 is 5.97 Å². The maximum absolute atomic E-state index is 12.2. The van der Waals surface area contributed by atoms with Gasteiger partial charge in [0.05, 0.1) is 13.2 Å². The van der Waals surface area contributed by atoms with E-state index in [0.717, 1.165) is 19.3 Å². The average Bonchev–Trinajstić information content (AvgIpc) is 3.12. The summed E-state index contributed by atoms with van der Waals surface area (Å²) in [5, 5.41) is 9.60. The summed E-state index contributed by atoms with van der Waals surface area (Å²) < 4.78 is 11.2. The van der Waals surface area contributed by atoms with Crippen molar-refractivity contribution in [1.29, 1.82) is 0 Å². The van der Waals surface area contributed by atoms with E-state index in [2.05, 4.69) is 38.2 Å². The molecular formula is C46H88O4. The zero-order chi connectivity index (χ0) is 36.3. The molecular weight excluding hydrogens is 617 g/mol. The first-order chi connectivity index (χ1) is 24.7. The van der Waals surface area contributed by atoms with E-state index in [4.69, 9.17) is 9.47 Å². The summed E-state index contributed by atoms with van der Waals surface area (Å²) in [5.74, 6) is -0.201. The topological polar surface area (TPSA) is 55.8 Å². The normalized spacial score (nSPS) is 12.5. The van der Waals surface area contributed by atoms with E-state index < -0.39 is 6.10 Å². The van der Waals surface area contributed by atoms with Gasteiger partial charge in [-0.05, 0) is 64.2 Å². The summed E-state index contributed by atoms with van der Waals surface area (Å²) in [6.45, 7) is 5.35. The molecule has 0 saturated heterocycles. The monoisotopic (exact) mass is 705 g/mol. The van der Waals surface area contributed by atoms with Crippen molar-refractivity contribution in [1.82, 2.24) is 0 Å². The van der Waals surface area contributed by atoms with Gasteiger partial charge in [-0.15, -0.1) is 0 Å². The molecule has 0 radical (unpaired) electrons. The average molecular weight is 705 g/mol. The lowest BCUT2D eigenvalue weighted by Crippen LogP contribution is -2.27. The Balaban J connectivity index is 3.39. The molecule has 1 atom stereocenters. The lowest BCUT2D eigenvalue weighted by molar-refractivity contribution is -0.154. The molecule has 1 N–H and O–H groups in total. The molecule has 0 rings (SSSR count). The maximum Gasteiger partial charge on any atom is 0.306 e. The highest BCUT2D eigenvalue weighted by Gasteiger charge is 2.13. The van der Waals surface area contributed by atoms with Crippen LogP contribution >= 0.6 is 0 Å². The molecule has 4 nitrogen and oxygen atoms in total. The second-order valence-corrected chi connectivity index (χ2v) is 15.1. The predicted molar refractivity (Wildman–Crippen MR) is 219 cm³/mol. The SMILES string of the molecule is CCCCCCC/C=C\CCCCCCCCOCC(CO)OC(=O)CCCCCCCCCCCCC/C=C\CCCCCCCCCC. The number of carbonyl (C=O) groups is 1. The van der Waals surface area contributed by atoms with E-state index in [9.17, 15) is 9.90 Å². The van der Waals surface area contributed by atoms with Gasteiger partial charge in [-0.3, -0.25) is 4.79 Å². The summed E-state index contributed by atoms with van der Waals surface area (Å²) in [7, 11) is 0. The number of hydrogen-bond donors (Lipinski definition) is 1. The molecule has 0 saturated carbocycles.